The van der Waals surface area contributed by atoms with Crippen LogP contribution in [0.25, 0.3) is 0 Å². The normalized spacial score (nSPS) is 14.2. The van der Waals surface area contributed by atoms with Gasteiger partial charge in [-0.25, -0.2) is 4.39 Å². The highest BCUT2D eigenvalue weighted by atomic mass is 79.9. The van der Waals surface area contributed by atoms with Crippen molar-refractivity contribution in [2.24, 2.45) is 0 Å². The van der Waals surface area contributed by atoms with Crippen LogP contribution in [0.4, 0.5) is 4.39 Å². The second kappa shape index (κ2) is 6.46. The topological polar surface area (TPSA) is 21.3 Å². The fourth-order valence-corrected chi connectivity index (χ4v) is 2.78. The van der Waals surface area contributed by atoms with Gasteiger partial charge in [0.2, 0.25) is 0 Å². The van der Waals surface area contributed by atoms with Crippen LogP contribution >= 0.6 is 31.9 Å². The van der Waals surface area contributed by atoms with E-state index in [1.807, 2.05) is 18.2 Å². The summed E-state index contributed by atoms with van der Waals surface area (Å²) >= 11 is 6.91. The second-order valence-electron chi connectivity index (χ2n) is 5.09. The molecule has 5 heteroatoms. The van der Waals surface area contributed by atoms with Crippen molar-refractivity contribution >= 4 is 31.9 Å². The molecular weight excluding hydrogens is 401 g/mol. The number of halogens is 3. The molecule has 0 saturated heterocycles. The predicted octanol–water partition coefficient (Wildman–Crippen LogP) is 5.40. The maximum absolute atomic E-state index is 13.3. The van der Waals surface area contributed by atoms with Crippen molar-refractivity contribution in [2.75, 3.05) is 0 Å². The van der Waals surface area contributed by atoms with Gasteiger partial charge in [0.25, 0.3) is 0 Å². The van der Waals surface area contributed by atoms with Gasteiger partial charge in [0.05, 0.1) is 4.47 Å². The van der Waals surface area contributed by atoms with Gasteiger partial charge in [0, 0.05) is 23.1 Å². The molecule has 0 amide bonds. The molecule has 0 heterocycles. The summed E-state index contributed by atoms with van der Waals surface area (Å²) in [5, 5.41) is 3.47. The Balaban J connectivity index is 1.73. The molecule has 1 aliphatic rings. The molecule has 0 radical (unpaired) electrons. The van der Waals surface area contributed by atoms with Crippen molar-refractivity contribution in [3.8, 4) is 11.5 Å². The van der Waals surface area contributed by atoms with Gasteiger partial charge in [-0.3, -0.25) is 0 Å². The molecule has 0 unspecified atom stereocenters. The molecule has 1 N–H and O–H groups in total. The van der Waals surface area contributed by atoms with Crippen LogP contribution in [0.2, 0.25) is 0 Å². The van der Waals surface area contributed by atoms with Crippen molar-refractivity contribution in [1.82, 2.24) is 5.32 Å². The van der Waals surface area contributed by atoms with E-state index in [-0.39, 0.29) is 5.82 Å². The summed E-state index contributed by atoms with van der Waals surface area (Å²) in [5.74, 6) is 0.812. The quantitative estimate of drug-likeness (QED) is 0.707. The lowest BCUT2D eigenvalue weighted by molar-refractivity contribution is 0.473. The van der Waals surface area contributed by atoms with Gasteiger partial charge in [-0.2, -0.15) is 0 Å². The van der Waals surface area contributed by atoms with E-state index in [9.17, 15) is 4.39 Å². The summed E-state index contributed by atoms with van der Waals surface area (Å²) < 4.78 is 20.7. The van der Waals surface area contributed by atoms with Gasteiger partial charge in [0.1, 0.15) is 17.3 Å². The zero-order valence-corrected chi connectivity index (χ0v) is 14.4. The van der Waals surface area contributed by atoms with E-state index >= 15 is 0 Å². The molecule has 2 aromatic carbocycles. The van der Waals surface area contributed by atoms with Crippen LogP contribution in [0.15, 0.2) is 45.3 Å². The fourth-order valence-electron chi connectivity index (χ4n) is 1.96. The van der Waals surface area contributed by atoms with Gasteiger partial charge in [-0.05, 0) is 58.6 Å². The average Bonchev–Trinajstić information content (AvgIpc) is 3.26. The van der Waals surface area contributed by atoms with E-state index in [1.165, 1.54) is 30.5 Å². The first-order valence-corrected chi connectivity index (χ1v) is 8.35. The number of hydrogen-bond donors (Lipinski definition) is 1. The van der Waals surface area contributed by atoms with Crippen LogP contribution in [0, 0.1) is 5.82 Å². The van der Waals surface area contributed by atoms with Crippen molar-refractivity contribution in [1.29, 1.82) is 0 Å². The summed E-state index contributed by atoms with van der Waals surface area (Å²) in [6.45, 7) is 0.842. The molecule has 2 aromatic rings. The van der Waals surface area contributed by atoms with Crippen molar-refractivity contribution in [3.05, 3.63) is 56.7 Å². The Morgan fingerprint density at radius 1 is 1.10 bits per heavy atom. The highest BCUT2D eigenvalue weighted by Gasteiger charge is 2.20. The van der Waals surface area contributed by atoms with Gasteiger partial charge in [-0.15, -0.1) is 0 Å². The Labute approximate surface area is 140 Å². The van der Waals surface area contributed by atoms with Gasteiger partial charge in [-0.1, -0.05) is 22.0 Å². The van der Waals surface area contributed by atoms with E-state index in [1.54, 1.807) is 6.07 Å². The van der Waals surface area contributed by atoms with E-state index < -0.39 is 0 Å². The van der Waals surface area contributed by atoms with Gasteiger partial charge < -0.3 is 10.1 Å². The first kappa shape index (κ1) is 15.0. The molecule has 21 heavy (non-hydrogen) atoms. The summed E-state index contributed by atoms with van der Waals surface area (Å²) in [6.07, 6.45) is 2.54. The van der Waals surface area contributed by atoms with Gasteiger partial charge in [0.15, 0.2) is 0 Å². The number of hydrogen-bond acceptors (Lipinski definition) is 2. The van der Waals surface area contributed by atoms with Crippen molar-refractivity contribution in [3.63, 3.8) is 0 Å². The third-order valence-corrected chi connectivity index (χ3v) is 4.70. The first-order valence-electron chi connectivity index (χ1n) is 6.76. The van der Waals surface area contributed by atoms with Crippen LogP contribution in [0.1, 0.15) is 18.4 Å². The minimum atomic E-state index is -0.322. The molecule has 3 rings (SSSR count). The van der Waals surface area contributed by atoms with Gasteiger partial charge >= 0.3 is 0 Å². The summed E-state index contributed by atoms with van der Waals surface area (Å²) in [5.41, 5.74) is 1.19. The third kappa shape index (κ3) is 4.05. The van der Waals surface area contributed by atoms with Crippen molar-refractivity contribution < 1.29 is 9.13 Å². The van der Waals surface area contributed by atoms with Crippen LogP contribution in [0.3, 0.4) is 0 Å². The number of nitrogens with one attached hydrogen (secondary N) is 1. The Morgan fingerprint density at radius 3 is 2.62 bits per heavy atom. The molecule has 0 spiro atoms. The zero-order valence-electron chi connectivity index (χ0n) is 11.2. The highest BCUT2D eigenvalue weighted by Crippen LogP contribution is 2.32. The smallest absolute Gasteiger partial charge is 0.144 e. The van der Waals surface area contributed by atoms with Crippen LogP contribution < -0.4 is 10.1 Å². The van der Waals surface area contributed by atoms with Crippen LogP contribution in [0.5, 0.6) is 11.5 Å². The van der Waals surface area contributed by atoms with Crippen LogP contribution in [-0.2, 0) is 6.54 Å². The number of rotatable bonds is 5. The van der Waals surface area contributed by atoms with E-state index in [2.05, 4.69) is 37.2 Å². The lowest BCUT2D eigenvalue weighted by Crippen LogP contribution is -2.15. The Bertz CT molecular complexity index is 659. The van der Waals surface area contributed by atoms with Crippen LogP contribution in [-0.4, -0.2) is 6.04 Å². The monoisotopic (exact) mass is 413 g/mol. The molecule has 2 nitrogen and oxygen atoms in total. The lowest BCUT2D eigenvalue weighted by Gasteiger charge is -2.11. The number of benzene rings is 2. The zero-order chi connectivity index (χ0) is 14.8. The van der Waals surface area contributed by atoms with E-state index in [4.69, 9.17) is 4.74 Å². The third-order valence-electron chi connectivity index (χ3n) is 3.30. The molecule has 1 saturated carbocycles. The number of ether oxygens (including phenoxy) is 1. The lowest BCUT2D eigenvalue weighted by atomic mass is 10.2. The Kier molecular flexibility index (Phi) is 4.62. The molecule has 0 aliphatic heterocycles. The molecule has 110 valence electrons. The fraction of sp³-hybridized carbons (Fsp3) is 0.250. The second-order valence-corrected chi connectivity index (χ2v) is 6.79. The minimum absolute atomic E-state index is 0.322. The minimum Gasteiger partial charge on any atom is -0.456 e. The maximum atomic E-state index is 13.3. The maximum Gasteiger partial charge on any atom is 0.144 e. The standard InChI is InChI=1S/C16H14Br2FNO/c17-14-6-2-11(19)7-16(14)21-13-5-1-10(15(18)8-13)9-20-12-3-4-12/h1-2,5-8,12,20H,3-4,9H2. The molecule has 0 aromatic heterocycles. The molecule has 0 bridgehead atoms. The Hall–Kier alpha value is -0.910. The summed E-state index contributed by atoms with van der Waals surface area (Å²) in [6, 6.07) is 10.9. The van der Waals surface area contributed by atoms with Crippen molar-refractivity contribution in [2.45, 2.75) is 25.4 Å². The largest absolute Gasteiger partial charge is 0.456 e. The molecule has 1 fully saturated rings. The first-order chi connectivity index (χ1) is 10.1. The summed E-state index contributed by atoms with van der Waals surface area (Å²) in [7, 11) is 0. The highest BCUT2D eigenvalue weighted by molar-refractivity contribution is 9.10. The molecule has 1 aliphatic carbocycles. The predicted molar refractivity (Wildman–Crippen MR) is 88.2 cm³/mol. The summed E-state index contributed by atoms with van der Waals surface area (Å²) in [4.78, 5) is 0. The average molecular weight is 415 g/mol. The Morgan fingerprint density at radius 2 is 1.90 bits per heavy atom. The van der Waals surface area contributed by atoms with E-state index in [0.29, 0.717) is 17.5 Å². The molecular formula is C16H14Br2FNO. The molecule has 0 atom stereocenters. The van der Waals surface area contributed by atoms with E-state index in [0.717, 1.165) is 15.5 Å². The SMILES string of the molecule is Fc1ccc(Br)c(Oc2ccc(CNC3CC3)c(Br)c2)c1.